The highest BCUT2D eigenvalue weighted by Crippen LogP contribution is 2.24. The summed E-state index contributed by atoms with van der Waals surface area (Å²) < 4.78 is 0.933. The molecular formula is C17H23NOS2. The summed E-state index contributed by atoms with van der Waals surface area (Å²) in [5.41, 5.74) is 0.796. The molecule has 0 N–H and O–H groups in total. The summed E-state index contributed by atoms with van der Waals surface area (Å²) in [6.45, 7) is 0. The quantitative estimate of drug-likeness (QED) is 0.586. The van der Waals surface area contributed by atoms with Crippen molar-refractivity contribution < 1.29 is 4.79 Å². The molecule has 0 aliphatic heterocycles. The molecule has 0 radical (unpaired) electrons. The van der Waals surface area contributed by atoms with Crippen LogP contribution in [-0.4, -0.2) is 33.8 Å². The maximum atomic E-state index is 12.0. The highest BCUT2D eigenvalue weighted by atomic mass is 32.2. The van der Waals surface area contributed by atoms with Gasteiger partial charge in [0.25, 0.3) is 0 Å². The molecule has 2 nitrogen and oxygen atoms in total. The van der Waals surface area contributed by atoms with Gasteiger partial charge in [-0.1, -0.05) is 73.6 Å². The van der Waals surface area contributed by atoms with Gasteiger partial charge in [-0.3, -0.25) is 4.79 Å². The molecule has 1 aromatic rings. The van der Waals surface area contributed by atoms with E-state index in [0.717, 1.165) is 15.6 Å². The molecule has 0 saturated heterocycles. The summed E-state index contributed by atoms with van der Waals surface area (Å²) in [7, 11) is 2.10. The van der Waals surface area contributed by atoms with Gasteiger partial charge >= 0.3 is 0 Å². The Bertz CT molecular complexity index is 469. The fourth-order valence-corrected chi connectivity index (χ4v) is 3.93. The van der Waals surface area contributed by atoms with Crippen LogP contribution in [-0.2, 0) is 0 Å². The lowest BCUT2D eigenvalue weighted by molar-refractivity contribution is 0.0989. The van der Waals surface area contributed by atoms with Crippen LogP contribution in [0.5, 0.6) is 0 Å². The smallest absolute Gasteiger partial charge is 0.163 e. The number of ketones is 1. The van der Waals surface area contributed by atoms with E-state index in [0.29, 0.717) is 12.5 Å². The lowest BCUT2D eigenvalue weighted by Gasteiger charge is -2.32. The van der Waals surface area contributed by atoms with Gasteiger partial charge in [0.2, 0.25) is 0 Å². The van der Waals surface area contributed by atoms with E-state index in [-0.39, 0.29) is 5.78 Å². The van der Waals surface area contributed by atoms with Gasteiger partial charge in [0.05, 0.1) is 0 Å². The van der Waals surface area contributed by atoms with Gasteiger partial charge in [-0.15, -0.1) is 0 Å². The number of benzene rings is 1. The molecule has 1 saturated carbocycles. The van der Waals surface area contributed by atoms with Crippen molar-refractivity contribution in [1.29, 1.82) is 0 Å². The number of thiocarbonyl (C=S) groups is 1. The molecule has 114 valence electrons. The summed E-state index contributed by atoms with van der Waals surface area (Å²) in [5, 5.41) is 0. The van der Waals surface area contributed by atoms with E-state index in [1.54, 1.807) is 11.8 Å². The Kier molecular flexibility index (Phi) is 6.71. The molecule has 0 atom stereocenters. The number of hydrogen-bond donors (Lipinski definition) is 0. The molecule has 21 heavy (non-hydrogen) atoms. The van der Waals surface area contributed by atoms with Crippen molar-refractivity contribution in [3.63, 3.8) is 0 Å². The largest absolute Gasteiger partial charge is 0.358 e. The molecule has 0 amide bonds. The topological polar surface area (TPSA) is 20.3 Å². The minimum atomic E-state index is 0.200. The van der Waals surface area contributed by atoms with Gasteiger partial charge < -0.3 is 4.90 Å². The maximum absolute atomic E-state index is 12.0. The maximum Gasteiger partial charge on any atom is 0.163 e. The summed E-state index contributed by atoms with van der Waals surface area (Å²) >= 11 is 7.14. The molecule has 0 bridgehead atoms. The Labute approximate surface area is 137 Å². The number of hydrogen-bond acceptors (Lipinski definition) is 3. The zero-order valence-electron chi connectivity index (χ0n) is 12.6. The Hall–Kier alpha value is -0.870. The zero-order valence-corrected chi connectivity index (χ0v) is 14.2. The van der Waals surface area contributed by atoms with Crippen molar-refractivity contribution in [1.82, 2.24) is 4.90 Å². The highest BCUT2D eigenvalue weighted by Gasteiger charge is 2.20. The van der Waals surface area contributed by atoms with Crippen LogP contribution in [0.4, 0.5) is 0 Å². The van der Waals surface area contributed by atoms with Crippen LogP contribution >= 0.6 is 24.0 Å². The minimum Gasteiger partial charge on any atom is -0.358 e. The van der Waals surface area contributed by atoms with Gasteiger partial charge in [-0.25, -0.2) is 0 Å². The molecule has 0 spiro atoms. The normalized spacial score (nSPS) is 15.7. The molecule has 1 fully saturated rings. The second-order valence-electron chi connectivity index (χ2n) is 5.56. The van der Waals surface area contributed by atoms with Gasteiger partial charge in [0, 0.05) is 30.8 Å². The third-order valence-corrected chi connectivity index (χ3v) is 5.65. The van der Waals surface area contributed by atoms with Crippen molar-refractivity contribution in [3.8, 4) is 0 Å². The number of carbonyl (C=O) groups is 1. The first-order valence-corrected chi connectivity index (χ1v) is 9.05. The van der Waals surface area contributed by atoms with Gasteiger partial charge in [0.1, 0.15) is 4.32 Å². The number of Topliss-reactive ketones (excluding diaryl/α,β-unsaturated/α-hetero) is 1. The van der Waals surface area contributed by atoms with Crippen LogP contribution in [0.3, 0.4) is 0 Å². The van der Waals surface area contributed by atoms with Gasteiger partial charge in [-0.05, 0) is 12.8 Å². The molecule has 4 heteroatoms. The van der Waals surface area contributed by atoms with E-state index in [2.05, 4.69) is 11.9 Å². The fraction of sp³-hybridized carbons (Fsp3) is 0.529. The Balaban J connectivity index is 1.72. The molecule has 0 heterocycles. The van der Waals surface area contributed by atoms with E-state index in [1.807, 2.05) is 30.3 Å². The van der Waals surface area contributed by atoms with E-state index in [1.165, 1.54) is 32.1 Å². The van der Waals surface area contributed by atoms with Crippen LogP contribution in [0.15, 0.2) is 30.3 Å². The third kappa shape index (κ3) is 5.11. The molecule has 1 aliphatic rings. The molecule has 1 aromatic carbocycles. The van der Waals surface area contributed by atoms with E-state index in [4.69, 9.17) is 12.2 Å². The van der Waals surface area contributed by atoms with E-state index < -0.39 is 0 Å². The molecule has 0 unspecified atom stereocenters. The average Bonchev–Trinajstić information content (AvgIpc) is 2.55. The van der Waals surface area contributed by atoms with Crippen LogP contribution in [0, 0.1) is 0 Å². The Morgan fingerprint density at radius 2 is 1.90 bits per heavy atom. The first-order valence-electron chi connectivity index (χ1n) is 7.66. The monoisotopic (exact) mass is 321 g/mol. The summed E-state index contributed by atoms with van der Waals surface area (Å²) in [5.74, 6) is 0.968. The van der Waals surface area contributed by atoms with Crippen molar-refractivity contribution in [2.45, 2.75) is 44.6 Å². The first-order chi connectivity index (χ1) is 10.2. The number of thioether (sulfide) groups is 1. The first kappa shape index (κ1) is 16.5. The summed E-state index contributed by atoms with van der Waals surface area (Å²) in [6, 6.07) is 10.1. The van der Waals surface area contributed by atoms with E-state index in [9.17, 15) is 4.79 Å². The van der Waals surface area contributed by atoms with Gasteiger partial charge in [-0.2, -0.15) is 0 Å². The second kappa shape index (κ2) is 8.54. The molecule has 0 aromatic heterocycles. The average molecular weight is 322 g/mol. The number of rotatable bonds is 5. The Morgan fingerprint density at radius 1 is 1.24 bits per heavy atom. The van der Waals surface area contributed by atoms with Crippen LogP contribution in [0.2, 0.25) is 0 Å². The van der Waals surface area contributed by atoms with Crippen molar-refractivity contribution in [3.05, 3.63) is 35.9 Å². The molecular weight excluding hydrogens is 298 g/mol. The predicted molar refractivity (Wildman–Crippen MR) is 95.1 cm³/mol. The van der Waals surface area contributed by atoms with Crippen LogP contribution < -0.4 is 0 Å². The third-order valence-electron chi connectivity index (χ3n) is 4.06. The van der Waals surface area contributed by atoms with Crippen molar-refractivity contribution in [2.75, 3.05) is 12.8 Å². The highest BCUT2D eigenvalue weighted by molar-refractivity contribution is 8.22. The Morgan fingerprint density at radius 3 is 2.57 bits per heavy atom. The minimum absolute atomic E-state index is 0.200. The molecule has 1 aliphatic carbocycles. The fourth-order valence-electron chi connectivity index (χ4n) is 2.72. The van der Waals surface area contributed by atoms with Crippen LogP contribution in [0.25, 0.3) is 0 Å². The number of nitrogens with zero attached hydrogens (tertiary/aromatic N) is 1. The summed E-state index contributed by atoms with van der Waals surface area (Å²) in [6.07, 6.45) is 7.03. The lowest BCUT2D eigenvalue weighted by Crippen LogP contribution is -2.36. The van der Waals surface area contributed by atoms with E-state index >= 15 is 0 Å². The lowest BCUT2D eigenvalue weighted by atomic mass is 9.95. The SMILES string of the molecule is CN(C(=S)SCCC(=O)c1ccccc1)C1CCCCC1. The number of carbonyl (C=O) groups excluding carboxylic acids is 1. The standard InChI is InChI=1S/C17H23NOS2/c1-18(15-10-6-3-7-11-15)17(20)21-13-12-16(19)14-8-4-2-5-9-14/h2,4-5,8-9,15H,3,6-7,10-13H2,1H3. The van der Waals surface area contributed by atoms with Gasteiger partial charge in [0.15, 0.2) is 5.78 Å². The van der Waals surface area contributed by atoms with Crippen molar-refractivity contribution in [2.24, 2.45) is 0 Å². The zero-order chi connectivity index (χ0) is 15.1. The van der Waals surface area contributed by atoms with Crippen molar-refractivity contribution >= 4 is 34.1 Å². The van der Waals surface area contributed by atoms with Crippen LogP contribution in [0.1, 0.15) is 48.9 Å². The molecule has 2 rings (SSSR count). The second-order valence-corrected chi connectivity index (χ2v) is 7.29. The summed E-state index contributed by atoms with van der Waals surface area (Å²) in [4.78, 5) is 14.3. The predicted octanol–water partition coefficient (Wildman–Crippen LogP) is 4.54.